The molecule has 5 heteroatoms. The molecule has 2 aliphatic rings. The van der Waals surface area contributed by atoms with Gasteiger partial charge in [-0.1, -0.05) is 25.1 Å². The molecule has 3 amide bonds. The maximum atomic E-state index is 13.7. The molecule has 4 rings (SSSR count). The monoisotopic (exact) mass is 405 g/mol. The van der Waals surface area contributed by atoms with E-state index in [9.17, 15) is 9.59 Å². The highest BCUT2D eigenvalue weighted by molar-refractivity contribution is 6.02. The number of amides is 3. The summed E-state index contributed by atoms with van der Waals surface area (Å²) in [5, 5.41) is 0. The molecule has 0 radical (unpaired) electrons. The van der Waals surface area contributed by atoms with Crippen molar-refractivity contribution in [2.75, 3.05) is 4.90 Å². The zero-order chi connectivity index (χ0) is 21.4. The van der Waals surface area contributed by atoms with Crippen LogP contribution in [0.1, 0.15) is 54.9 Å². The van der Waals surface area contributed by atoms with E-state index >= 15 is 0 Å². The fraction of sp³-hybridized carbons (Fsp3) is 0.440. The van der Waals surface area contributed by atoms with Gasteiger partial charge in [-0.3, -0.25) is 9.69 Å². The van der Waals surface area contributed by atoms with Crippen molar-refractivity contribution < 1.29 is 9.59 Å². The lowest BCUT2D eigenvalue weighted by atomic mass is 9.84. The number of urea groups is 1. The Morgan fingerprint density at radius 3 is 2.43 bits per heavy atom. The third kappa shape index (κ3) is 3.57. The lowest BCUT2D eigenvalue weighted by Gasteiger charge is -2.43. The van der Waals surface area contributed by atoms with Crippen LogP contribution >= 0.6 is 0 Å². The van der Waals surface area contributed by atoms with E-state index in [1.807, 2.05) is 21.9 Å². The normalized spacial score (nSPS) is 21.5. The average molecular weight is 406 g/mol. The topological polar surface area (TPSA) is 66.6 Å². The first-order valence-corrected chi connectivity index (χ1v) is 11.0. The Labute approximate surface area is 178 Å². The fourth-order valence-corrected chi connectivity index (χ4v) is 4.99. The highest BCUT2D eigenvalue weighted by Crippen LogP contribution is 2.40. The van der Waals surface area contributed by atoms with Gasteiger partial charge in [-0.25, -0.2) is 4.79 Å². The number of rotatable bonds is 4. The molecule has 0 aromatic heterocycles. The molecule has 1 saturated carbocycles. The molecule has 0 spiro atoms. The molecule has 0 bridgehead atoms. The van der Waals surface area contributed by atoms with Crippen LogP contribution in [0.2, 0.25) is 0 Å². The van der Waals surface area contributed by atoms with E-state index in [-0.39, 0.29) is 23.9 Å². The van der Waals surface area contributed by atoms with Crippen LogP contribution in [-0.4, -0.2) is 22.9 Å². The molecule has 30 heavy (non-hydrogen) atoms. The third-order valence-corrected chi connectivity index (χ3v) is 6.90. The van der Waals surface area contributed by atoms with Gasteiger partial charge in [0.15, 0.2) is 0 Å². The number of aryl methyl sites for hydroxylation is 3. The van der Waals surface area contributed by atoms with Gasteiger partial charge in [0.05, 0.1) is 17.9 Å². The molecule has 0 atom stereocenters. The van der Waals surface area contributed by atoms with Crippen LogP contribution in [-0.2, 0) is 17.8 Å². The van der Waals surface area contributed by atoms with E-state index in [4.69, 9.17) is 5.73 Å². The van der Waals surface area contributed by atoms with Crippen LogP contribution in [0.4, 0.5) is 16.2 Å². The summed E-state index contributed by atoms with van der Waals surface area (Å²) < 4.78 is 0. The third-order valence-electron chi connectivity index (χ3n) is 6.90. The van der Waals surface area contributed by atoms with Crippen molar-refractivity contribution in [3.05, 3.63) is 58.7 Å². The maximum Gasteiger partial charge on any atom is 0.329 e. The summed E-state index contributed by atoms with van der Waals surface area (Å²) in [6.45, 7) is 6.99. The molecule has 2 aromatic carbocycles. The lowest BCUT2D eigenvalue weighted by molar-refractivity contribution is -0.123. The van der Waals surface area contributed by atoms with Gasteiger partial charge in [-0.15, -0.1) is 0 Å². The molecule has 1 fully saturated rings. The predicted octanol–water partition coefficient (Wildman–Crippen LogP) is 4.98. The van der Waals surface area contributed by atoms with Crippen molar-refractivity contribution in [3.8, 4) is 0 Å². The number of primary amides is 1. The van der Waals surface area contributed by atoms with E-state index in [0.717, 1.165) is 43.5 Å². The molecule has 5 nitrogen and oxygen atoms in total. The fourth-order valence-electron chi connectivity index (χ4n) is 4.99. The molecule has 2 N–H and O–H groups in total. The second kappa shape index (κ2) is 8.13. The van der Waals surface area contributed by atoms with Gasteiger partial charge in [0.1, 0.15) is 0 Å². The summed E-state index contributed by atoms with van der Waals surface area (Å²) in [5.74, 6) is -0.275. The molecule has 0 saturated heterocycles. The van der Waals surface area contributed by atoms with Crippen molar-refractivity contribution in [2.24, 2.45) is 11.7 Å². The Morgan fingerprint density at radius 1 is 1.07 bits per heavy atom. The molecule has 158 valence electrons. The van der Waals surface area contributed by atoms with Crippen molar-refractivity contribution in [3.63, 3.8) is 0 Å². The van der Waals surface area contributed by atoms with Crippen LogP contribution in [0.25, 0.3) is 0 Å². The van der Waals surface area contributed by atoms with Gasteiger partial charge in [0.2, 0.25) is 5.91 Å². The van der Waals surface area contributed by atoms with E-state index in [1.54, 1.807) is 0 Å². The van der Waals surface area contributed by atoms with Crippen LogP contribution in [0.5, 0.6) is 0 Å². The van der Waals surface area contributed by atoms with Gasteiger partial charge < -0.3 is 10.6 Å². The van der Waals surface area contributed by atoms with Crippen LogP contribution in [0.15, 0.2) is 36.4 Å². The van der Waals surface area contributed by atoms with Gasteiger partial charge in [0.25, 0.3) is 0 Å². The number of anilines is 2. The van der Waals surface area contributed by atoms with Gasteiger partial charge >= 0.3 is 6.03 Å². The SMILES string of the molecule is CCc1ccc(N2C(=O)N(C3CCC(C(N)=O)CC3)Cc3c(C)cccc32)cc1C. The zero-order valence-corrected chi connectivity index (χ0v) is 18.1. The number of nitrogens with zero attached hydrogens (tertiary/aromatic N) is 2. The van der Waals surface area contributed by atoms with Crippen molar-refractivity contribution in [1.82, 2.24) is 4.90 Å². The molecule has 1 aliphatic carbocycles. The minimum Gasteiger partial charge on any atom is -0.369 e. The molecular weight excluding hydrogens is 374 g/mol. The maximum absolute atomic E-state index is 13.7. The summed E-state index contributed by atoms with van der Waals surface area (Å²) in [6.07, 6.45) is 4.14. The Morgan fingerprint density at radius 2 is 1.80 bits per heavy atom. The molecule has 2 aromatic rings. The van der Waals surface area contributed by atoms with E-state index < -0.39 is 0 Å². The molecular formula is C25H31N3O2. The summed E-state index contributed by atoms with van der Waals surface area (Å²) in [4.78, 5) is 29.2. The first-order valence-electron chi connectivity index (χ1n) is 11.0. The highest BCUT2D eigenvalue weighted by Gasteiger charge is 2.38. The average Bonchev–Trinajstić information content (AvgIpc) is 2.74. The van der Waals surface area contributed by atoms with Gasteiger partial charge in [-0.05, 0) is 86.4 Å². The number of nitrogens with two attached hydrogens (primary N) is 1. The van der Waals surface area contributed by atoms with Gasteiger partial charge in [0, 0.05) is 12.0 Å². The Bertz CT molecular complexity index is 976. The summed E-state index contributed by atoms with van der Waals surface area (Å²) in [5.41, 5.74) is 12.3. The predicted molar refractivity (Wildman–Crippen MR) is 120 cm³/mol. The first-order chi connectivity index (χ1) is 14.4. The number of hydrogen-bond donors (Lipinski definition) is 1. The minimum absolute atomic E-state index is 0.0271. The quantitative estimate of drug-likeness (QED) is 0.779. The Hall–Kier alpha value is -2.82. The Balaban J connectivity index is 1.71. The zero-order valence-electron chi connectivity index (χ0n) is 18.1. The summed E-state index contributed by atoms with van der Waals surface area (Å²) in [6, 6.07) is 12.7. The lowest BCUT2D eigenvalue weighted by Crippen LogP contribution is -2.51. The van der Waals surface area contributed by atoms with Gasteiger partial charge in [-0.2, -0.15) is 0 Å². The number of carbonyl (C=O) groups is 2. The molecule has 1 heterocycles. The molecule has 1 aliphatic heterocycles. The van der Waals surface area contributed by atoms with E-state index in [1.165, 1.54) is 22.3 Å². The van der Waals surface area contributed by atoms with Crippen LogP contribution < -0.4 is 10.6 Å². The van der Waals surface area contributed by atoms with Crippen LogP contribution in [0, 0.1) is 19.8 Å². The number of carbonyl (C=O) groups excluding carboxylic acids is 2. The standard InChI is InChI=1S/C25H31N3O2/c1-4-18-8-13-21(14-17(18)3)28-23-7-5-6-16(2)22(23)15-27(25(28)30)20-11-9-19(10-12-20)24(26)29/h5-8,13-14,19-20H,4,9-12,15H2,1-3H3,(H2,26,29). The minimum atomic E-state index is -0.215. The number of benzene rings is 2. The van der Waals surface area contributed by atoms with Crippen molar-refractivity contribution in [2.45, 2.75) is 65.5 Å². The second-order valence-corrected chi connectivity index (χ2v) is 8.69. The summed E-state index contributed by atoms with van der Waals surface area (Å²) >= 11 is 0. The van der Waals surface area contributed by atoms with E-state index in [2.05, 4.69) is 45.0 Å². The summed E-state index contributed by atoms with van der Waals surface area (Å²) in [7, 11) is 0. The van der Waals surface area contributed by atoms with E-state index in [0.29, 0.717) is 6.54 Å². The molecule has 0 unspecified atom stereocenters. The first kappa shape index (κ1) is 20.5. The van der Waals surface area contributed by atoms with Crippen molar-refractivity contribution in [1.29, 1.82) is 0 Å². The smallest absolute Gasteiger partial charge is 0.329 e. The number of fused-ring (bicyclic) bond motifs is 1. The highest BCUT2D eigenvalue weighted by atomic mass is 16.2. The largest absolute Gasteiger partial charge is 0.369 e. The second-order valence-electron chi connectivity index (χ2n) is 8.69. The van der Waals surface area contributed by atoms with Crippen LogP contribution in [0.3, 0.4) is 0 Å². The van der Waals surface area contributed by atoms with Crippen molar-refractivity contribution >= 4 is 23.3 Å². The number of hydrogen-bond acceptors (Lipinski definition) is 2. The Kier molecular flexibility index (Phi) is 5.54.